The molecule has 0 aliphatic carbocycles. The maximum Gasteiger partial charge on any atom is 0.573 e. The van der Waals surface area contributed by atoms with Gasteiger partial charge in [0.15, 0.2) is 5.11 Å². The SMILES string of the molecule is CN(Cc1ccccc1N1CCCC1)C(=S)Nc1ccc(OC(F)(F)F)cc1. The highest BCUT2D eigenvalue weighted by atomic mass is 32.1. The van der Waals surface area contributed by atoms with Gasteiger partial charge in [0, 0.05) is 38.1 Å². The van der Waals surface area contributed by atoms with Gasteiger partial charge >= 0.3 is 6.36 Å². The number of thiocarbonyl (C=S) groups is 1. The van der Waals surface area contributed by atoms with Crippen LogP contribution in [-0.2, 0) is 6.54 Å². The molecule has 0 saturated carbocycles. The van der Waals surface area contributed by atoms with E-state index in [1.54, 1.807) is 0 Å². The van der Waals surface area contributed by atoms with Gasteiger partial charge in [0.05, 0.1) is 0 Å². The van der Waals surface area contributed by atoms with Crippen molar-refractivity contribution in [3.05, 3.63) is 54.1 Å². The molecule has 150 valence electrons. The van der Waals surface area contributed by atoms with Gasteiger partial charge in [0.2, 0.25) is 0 Å². The predicted molar refractivity (Wildman–Crippen MR) is 109 cm³/mol. The van der Waals surface area contributed by atoms with E-state index in [0.29, 0.717) is 17.3 Å². The molecule has 0 aromatic heterocycles. The topological polar surface area (TPSA) is 27.7 Å². The van der Waals surface area contributed by atoms with E-state index in [1.165, 1.54) is 48.4 Å². The fraction of sp³-hybridized carbons (Fsp3) is 0.350. The molecule has 1 aliphatic heterocycles. The third kappa shape index (κ3) is 5.51. The van der Waals surface area contributed by atoms with Crippen LogP contribution >= 0.6 is 12.2 Å². The van der Waals surface area contributed by atoms with Gasteiger partial charge in [0.25, 0.3) is 0 Å². The lowest BCUT2D eigenvalue weighted by atomic mass is 10.1. The van der Waals surface area contributed by atoms with E-state index in [1.807, 2.05) is 24.1 Å². The van der Waals surface area contributed by atoms with Crippen molar-refractivity contribution in [3.63, 3.8) is 0 Å². The summed E-state index contributed by atoms with van der Waals surface area (Å²) < 4.78 is 40.6. The molecule has 1 fully saturated rings. The summed E-state index contributed by atoms with van der Waals surface area (Å²) in [6.07, 6.45) is -2.29. The highest BCUT2D eigenvalue weighted by Gasteiger charge is 2.31. The first-order chi connectivity index (χ1) is 13.3. The first-order valence-corrected chi connectivity index (χ1v) is 9.43. The lowest BCUT2D eigenvalue weighted by molar-refractivity contribution is -0.274. The molecule has 2 aromatic rings. The molecule has 0 radical (unpaired) electrons. The van der Waals surface area contributed by atoms with Crippen molar-refractivity contribution in [1.82, 2.24) is 4.90 Å². The molecule has 1 heterocycles. The molecule has 0 atom stereocenters. The van der Waals surface area contributed by atoms with Gasteiger partial charge in [-0.2, -0.15) is 0 Å². The fourth-order valence-electron chi connectivity index (χ4n) is 3.20. The predicted octanol–water partition coefficient (Wildman–Crippen LogP) is 5.01. The van der Waals surface area contributed by atoms with Crippen molar-refractivity contribution in [2.75, 3.05) is 30.4 Å². The third-order valence-electron chi connectivity index (χ3n) is 4.53. The Balaban J connectivity index is 1.61. The van der Waals surface area contributed by atoms with Gasteiger partial charge in [-0.3, -0.25) is 0 Å². The van der Waals surface area contributed by atoms with E-state index in [2.05, 4.69) is 27.1 Å². The Morgan fingerprint density at radius 2 is 1.75 bits per heavy atom. The summed E-state index contributed by atoms with van der Waals surface area (Å²) in [4.78, 5) is 4.30. The number of para-hydroxylation sites is 1. The zero-order valence-corrected chi connectivity index (χ0v) is 16.3. The lowest BCUT2D eigenvalue weighted by Crippen LogP contribution is -2.31. The van der Waals surface area contributed by atoms with Crippen LogP contribution in [-0.4, -0.2) is 36.5 Å². The van der Waals surface area contributed by atoms with Gasteiger partial charge in [0.1, 0.15) is 5.75 Å². The molecule has 3 rings (SSSR count). The van der Waals surface area contributed by atoms with Crippen LogP contribution in [0.2, 0.25) is 0 Å². The fourth-order valence-corrected chi connectivity index (χ4v) is 3.38. The molecule has 1 N–H and O–H groups in total. The van der Waals surface area contributed by atoms with E-state index in [0.717, 1.165) is 13.1 Å². The molecule has 4 nitrogen and oxygen atoms in total. The number of alkyl halides is 3. The minimum absolute atomic E-state index is 0.267. The van der Waals surface area contributed by atoms with Gasteiger partial charge in [-0.25, -0.2) is 0 Å². The maximum absolute atomic E-state index is 12.2. The van der Waals surface area contributed by atoms with Crippen LogP contribution in [0.4, 0.5) is 24.5 Å². The van der Waals surface area contributed by atoms with Gasteiger partial charge in [-0.05, 0) is 61.0 Å². The van der Waals surface area contributed by atoms with Crippen molar-refractivity contribution in [2.24, 2.45) is 0 Å². The molecule has 0 unspecified atom stereocenters. The number of hydrogen-bond acceptors (Lipinski definition) is 3. The van der Waals surface area contributed by atoms with Gasteiger partial charge in [-0.15, -0.1) is 13.2 Å². The van der Waals surface area contributed by atoms with Crippen LogP contribution in [0.5, 0.6) is 5.75 Å². The van der Waals surface area contributed by atoms with Crippen molar-refractivity contribution in [3.8, 4) is 5.75 Å². The average molecular weight is 409 g/mol. The van der Waals surface area contributed by atoms with Gasteiger partial charge < -0.3 is 19.9 Å². The first-order valence-electron chi connectivity index (χ1n) is 9.02. The minimum Gasteiger partial charge on any atom is -0.406 e. The van der Waals surface area contributed by atoms with E-state index in [9.17, 15) is 13.2 Å². The number of ether oxygens (including phenoxy) is 1. The van der Waals surface area contributed by atoms with Crippen LogP contribution in [0.15, 0.2) is 48.5 Å². The molecule has 1 saturated heterocycles. The second kappa shape index (κ2) is 8.68. The summed E-state index contributed by atoms with van der Waals surface area (Å²) in [6, 6.07) is 13.8. The summed E-state index contributed by atoms with van der Waals surface area (Å²) in [6.45, 7) is 2.76. The van der Waals surface area contributed by atoms with Crippen molar-refractivity contribution >= 4 is 28.7 Å². The Hall–Kier alpha value is -2.48. The van der Waals surface area contributed by atoms with E-state index < -0.39 is 6.36 Å². The minimum atomic E-state index is -4.70. The summed E-state index contributed by atoms with van der Waals surface area (Å²) >= 11 is 5.45. The normalized spacial score (nSPS) is 14.1. The van der Waals surface area contributed by atoms with Crippen LogP contribution < -0.4 is 15.0 Å². The largest absolute Gasteiger partial charge is 0.573 e. The summed E-state index contributed by atoms with van der Waals surface area (Å²) in [5.41, 5.74) is 3.01. The lowest BCUT2D eigenvalue weighted by Gasteiger charge is -2.26. The highest BCUT2D eigenvalue weighted by molar-refractivity contribution is 7.80. The zero-order valence-electron chi connectivity index (χ0n) is 15.5. The quantitative estimate of drug-likeness (QED) is 0.701. The Morgan fingerprint density at radius 3 is 2.39 bits per heavy atom. The summed E-state index contributed by atoms with van der Waals surface area (Å²) in [7, 11) is 1.89. The second-order valence-corrected chi connectivity index (χ2v) is 7.07. The summed E-state index contributed by atoms with van der Waals surface area (Å²) in [5.74, 6) is -0.267. The van der Waals surface area contributed by atoms with Crippen LogP contribution in [0.3, 0.4) is 0 Å². The first kappa shape index (κ1) is 20.3. The van der Waals surface area contributed by atoms with E-state index in [4.69, 9.17) is 12.2 Å². The molecule has 2 aromatic carbocycles. The number of nitrogens with one attached hydrogen (secondary N) is 1. The second-order valence-electron chi connectivity index (χ2n) is 6.68. The monoisotopic (exact) mass is 409 g/mol. The summed E-state index contributed by atoms with van der Waals surface area (Å²) in [5, 5.41) is 3.53. The van der Waals surface area contributed by atoms with E-state index >= 15 is 0 Å². The van der Waals surface area contributed by atoms with Crippen LogP contribution in [0, 0.1) is 0 Å². The number of halogens is 3. The zero-order chi connectivity index (χ0) is 20.1. The third-order valence-corrected chi connectivity index (χ3v) is 4.95. The molecule has 0 spiro atoms. The van der Waals surface area contributed by atoms with Crippen molar-refractivity contribution < 1.29 is 17.9 Å². The van der Waals surface area contributed by atoms with Crippen molar-refractivity contribution in [1.29, 1.82) is 0 Å². The Labute approximate surface area is 167 Å². The van der Waals surface area contributed by atoms with Crippen molar-refractivity contribution in [2.45, 2.75) is 25.7 Å². The van der Waals surface area contributed by atoms with Gasteiger partial charge in [-0.1, -0.05) is 18.2 Å². The number of benzene rings is 2. The number of rotatable bonds is 5. The Bertz CT molecular complexity index is 805. The molecule has 8 heteroatoms. The van der Waals surface area contributed by atoms with Crippen LogP contribution in [0.1, 0.15) is 18.4 Å². The maximum atomic E-state index is 12.2. The number of nitrogens with zero attached hydrogens (tertiary/aromatic N) is 2. The number of anilines is 2. The highest BCUT2D eigenvalue weighted by Crippen LogP contribution is 2.26. The molecule has 0 bridgehead atoms. The number of hydrogen-bond donors (Lipinski definition) is 1. The molecular formula is C20H22F3N3OS. The Kier molecular flexibility index (Phi) is 6.28. The molecule has 0 amide bonds. The smallest absolute Gasteiger partial charge is 0.406 e. The Morgan fingerprint density at radius 1 is 1.11 bits per heavy atom. The molecule has 1 aliphatic rings. The molecule has 28 heavy (non-hydrogen) atoms. The molecular weight excluding hydrogens is 387 g/mol. The standard InChI is InChI=1S/C20H22F3N3OS/c1-25(14-15-6-2-3-7-18(15)26-12-4-5-13-26)19(28)24-16-8-10-17(11-9-16)27-20(21,22)23/h2-3,6-11H,4-5,12-14H2,1H3,(H,24,28). The van der Waals surface area contributed by atoms with E-state index in [-0.39, 0.29) is 5.75 Å². The van der Waals surface area contributed by atoms with Crippen LogP contribution in [0.25, 0.3) is 0 Å². The average Bonchev–Trinajstić information content (AvgIpc) is 3.17.